The van der Waals surface area contributed by atoms with Gasteiger partial charge in [-0.1, -0.05) is 16.6 Å². The molecular formula is C13H13N3O2S. The number of aromatic nitrogens is 2. The van der Waals surface area contributed by atoms with Crippen molar-refractivity contribution in [3.8, 4) is 11.3 Å². The Hall–Kier alpha value is -1.79. The van der Waals surface area contributed by atoms with E-state index in [2.05, 4.69) is 14.9 Å². The number of nitrogens with one attached hydrogen (secondary N) is 1. The van der Waals surface area contributed by atoms with Crippen molar-refractivity contribution in [3.05, 3.63) is 29.6 Å². The maximum atomic E-state index is 12.1. The number of anilines is 1. The molecule has 0 spiro atoms. The van der Waals surface area contributed by atoms with Crippen LogP contribution in [0.1, 0.15) is 6.92 Å². The molecule has 1 aromatic heterocycles. The van der Waals surface area contributed by atoms with E-state index < -0.39 is 5.41 Å². The van der Waals surface area contributed by atoms with Crippen LogP contribution in [0.3, 0.4) is 0 Å². The number of carbonyl (C=O) groups excluding carboxylic acids is 1. The summed E-state index contributed by atoms with van der Waals surface area (Å²) < 4.78 is 8.94. The second-order valence-corrected chi connectivity index (χ2v) is 5.49. The zero-order valence-corrected chi connectivity index (χ0v) is 11.2. The normalized spacial score (nSPS) is 16.7. The molecule has 0 atom stereocenters. The summed E-state index contributed by atoms with van der Waals surface area (Å²) in [6.07, 6.45) is 0. The Morgan fingerprint density at radius 3 is 2.95 bits per heavy atom. The molecule has 2 heterocycles. The molecule has 0 radical (unpaired) electrons. The van der Waals surface area contributed by atoms with Crippen molar-refractivity contribution >= 4 is 23.1 Å². The minimum atomic E-state index is -0.405. The molecule has 98 valence electrons. The van der Waals surface area contributed by atoms with Crippen molar-refractivity contribution in [1.29, 1.82) is 0 Å². The summed E-state index contributed by atoms with van der Waals surface area (Å²) >= 11 is 1.31. The van der Waals surface area contributed by atoms with Crippen LogP contribution in [0.15, 0.2) is 29.6 Å². The Morgan fingerprint density at radius 2 is 2.32 bits per heavy atom. The molecule has 1 fully saturated rings. The average Bonchev–Trinajstić information content (AvgIpc) is 2.90. The fraction of sp³-hybridized carbons (Fsp3) is 0.308. The third kappa shape index (κ3) is 2.36. The first-order chi connectivity index (χ1) is 9.17. The number of ether oxygens (including phenoxy) is 1. The highest BCUT2D eigenvalue weighted by molar-refractivity contribution is 7.03. The first-order valence-electron chi connectivity index (χ1n) is 5.94. The molecule has 2 aromatic rings. The Kier molecular flexibility index (Phi) is 3.04. The largest absolute Gasteiger partial charge is 0.379 e. The maximum Gasteiger partial charge on any atom is 0.234 e. The van der Waals surface area contributed by atoms with Crippen molar-refractivity contribution in [2.45, 2.75) is 6.92 Å². The lowest BCUT2D eigenvalue weighted by molar-refractivity contribution is -0.151. The van der Waals surface area contributed by atoms with Gasteiger partial charge >= 0.3 is 0 Å². The molecule has 3 rings (SSSR count). The molecule has 0 unspecified atom stereocenters. The summed E-state index contributed by atoms with van der Waals surface area (Å²) in [4.78, 5) is 12.1. The first-order valence-corrected chi connectivity index (χ1v) is 6.78. The van der Waals surface area contributed by atoms with Crippen LogP contribution in [0.5, 0.6) is 0 Å². The number of carbonyl (C=O) groups is 1. The van der Waals surface area contributed by atoms with Crippen molar-refractivity contribution < 1.29 is 9.53 Å². The van der Waals surface area contributed by atoms with E-state index in [-0.39, 0.29) is 5.91 Å². The highest BCUT2D eigenvalue weighted by atomic mass is 32.1. The van der Waals surface area contributed by atoms with Crippen molar-refractivity contribution in [2.75, 3.05) is 18.5 Å². The van der Waals surface area contributed by atoms with Gasteiger partial charge in [-0.2, -0.15) is 0 Å². The molecule has 5 nitrogen and oxygen atoms in total. The van der Waals surface area contributed by atoms with Crippen LogP contribution >= 0.6 is 11.5 Å². The van der Waals surface area contributed by atoms with Gasteiger partial charge in [-0.3, -0.25) is 4.79 Å². The van der Waals surface area contributed by atoms with E-state index >= 15 is 0 Å². The molecule has 1 aromatic carbocycles. The van der Waals surface area contributed by atoms with E-state index in [1.165, 1.54) is 11.5 Å². The summed E-state index contributed by atoms with van der Waals surface area (Å²) in [5.74, 6) is -0.00713. The van der Waals surface area contributed by atoms with Gasteiger partial charge in [0.05, 0.1) is 18.6 Å². The van der Waals surface area contributed by atoms with E-state index in [1.54, 1.807) is 0 Å². The van der Waals surface area contributed by atoms with Crippen molar-refractivity contribution in [2.24, 2.45) is 5.41 Å². The van der Waals surface area contributed by atoms with Gasteiger partial charge in [-0.25, -0.2) is 0 Å². The van der Waals surface area contributed by atoms with Crippen LogP contribution in [-0.2, 0) is 9.53 Å². The maximum absolute atomic E-state index is 12.1. The van der Waals surface area contributed by atoms with E-state index in [4.69, 9.17) is 4.74 Å². The monoisotopic (exact) mass is 275 g/mol. The van der Waals surface area contributed by atoms with Gasteiger partial charge in [0.1, 0.15) is 5.69 Å². The molecule has 1 aliphatic heterocycles. The summed E-state index contributed by atoms with van der Waals surface area (Å²) in [5.41, 5.74) is 2.13. The lowest BCUT2D eigenvalue weighted by Gasteiger charge is -2.36. The summed E-state index contributed by atoms with van der Waals surface area (Å²) in [6.45, 7) is 2.86. The second kappa shape index (κ2) is 4.71. The van der Waals surface area contributed by atoms with Crippen LogP contribution < -0.4 is 5.32 Å². The molecule has 0 saturated carbocycles. The third-order valence-electron chi connectivity index (χ3n) is 3.17. The minimum Gasteiger partial charge on any atom is -0.379 e. The highest BCUT2D eigenvalue weighted by Gasteiger charge is 2.41. The molecule has 19 heavy (non-hydrogen) atoms. The molecular weight excluding hydrogens is 262 g/mol. The summed E-state index contributed by atoms with van der Waals surface area (Å²) in [6, 6.07) is 7.60. The fourth-order valence-electron chi connectivity index (χ4n) is 1.87. The fourth-order valence-corrected chi connectivity index (χ4v) is 2.33. The highest BCUT2D eigenvalue weighted by Crippen LogP contribution is 2.29. The van der Waals surface area contributed by atoms with E-state index in [1.807, 2.05) is 36.6 Å². The summed E-state index contributed by atoms with van der Waals surface area (Å²) in [5, 5.41) is 8.82. The van der Waals surface area contributed by atoms with Crippen LogP contribution in [0.25, 0.3) is 11.3 Å². The molecule has 6 heteroatoms. The van der Waals surface area contributed by atoms with Gasteiger partial charge in [0.2, 0.25) is 5.91 Å². The van der Waals surface area contributed by atoms with E-state index in [0.717, 1.165) is 16.9 Å². The van der Waals surface area contributed by atoms with Crippen LogP contribution in [-0.4, -0.2) is 28.7 Å². The quantitative estimate of drug-likeness (QED) is 0.932. The van der Waals surface area contributed by atoms with Crippen LogP contribution in [0, 0.1) is 5.41 Å². The topological polar surface area (TPSA) is 64.1 Å². The smallest absolute Gasteiger partial charge is 0.234 e. The lowest BCUT2D eigenvalue weighted by Crippen LogP contribution is -2.49. The SMILES string of the molecule is CC1(C(=O)Nc2cccc(-c3csnn3)c2)COC1. The van der Waals surface area contributed by atoms with E-state index in [0.29, 0.717) is 13.2 Å². The Bertz CT molecular complexity index is 594. The minimum absolute atomic E-state index is 0.00713. The van der Waals surface area contributed by atoms with Gasteiger partial charge in [0.25, 0.3) is 0 Å². The predicted octanol–water partition coefficient (Wildman–Crippen LogP) is 2.18. The van der Waals surface area contributed by atoms with Gasteiger partial charge in [-0.15, -0.1) is 5.10 Å². The first kappa shape index (κ1) is 12.3. The number of amides is 1. The Balaban J connectivity index is 1.78. The van der Waals surface area contributed by atoms with E-state index in [9.17, 15) is 4.79 Å². The molecule has 0 aliphatic carbocycles. The van der Waals surface area contributed by atoms with Gasteiger partial charge in [0, 0.05) is 16.6 Å². The number of hydrogen-bond acceptors (Lipinski definition) is 5. The predicted molar refractivity (Wildman–Crippen MR) is 72.9 cm³/mol. The number of rotatable bonds is 3. The third-order valence-corrected chi connectivity index (χ3v) is 3.67. The average molecular weight is 275 g/mol. The second-order valence-electron chi connectivity index (χ2n) is 4.88. The number of benzene rings is 1. The standard InChI is InChI=1S/C13H13N3O2S/c1-13(7-18-8-13)12(17)14-10-4-2-3-9(5-10)11-6-19-16-15-11/h2-6H,7-8H2,1H3,(H,14,17). The number of hydrogen-bond donors (Lipinski definition) is 1. The van der Waals surface area contributed by atoms with Crippen LogP contribution in [0.2, 0.25) is 0 Å². The van der Waals surface area contributed by atoms with Gasteiger partial charge in [0.15, 0.2) is 0 Å². The lowest BCUT2D eigenvalue weighted by atomic mass is 9.87. The zero-order valence-electron chi connectivity index (χ0n) is 10.4. The molecule has 1 N–H and O–H groups in total. The van der Waals surface area contributed by atoms with Crippen molar-refractivity contribution in [3.63, 3.8) is 0 Å². The molecule has 1 aliphatic rings. The zero-order chi connectivity index (χ0) is 13.3. The molecule has 1 saturated heterocycles. The Morgan fingerprint density at radius 1 is 1.47 bits per heavy atom. The Labute approximate surface area is 114 Å². The molecule has 1 amide bonds. The van der Waals surface area contributed by atoms with Gasteiger partial charge in [-0.05, 0) is 30.6 Å². The van der Waals surface area contributed by atoms with Gasteiger partial charge < -0.3 is 10.1 Å². The van der Waals surface area contributed by atoms with Crippen LogP contribution in [0.4, 0.5) is 5.69 Å². The summed E-state index contributed by atoms with van der Waals surface area (Å²) in [7, 11) is 0. The number of nitrogens with zero attached hydrogens (tertiary/aromatic N) is 2. The molecule has 0 bridgehead atoms. The van der Waals surface area contributed by atoms with Crippen molar-refractivity contribution in [1.82, 2.24) is 9.59 Å².